The second-order valence-electron chi connectivity index (χ2n) is 6.48. The minimum atomic E-state index is -0.142. The Morgan fingerprint density at radius 1 is 1.27 bits per heavy atom. The summed E-state index contributed by atoms with van der Waals surface area (Å²) in [5.41, 5.74) is 13.9. The van der Waals surface area contributed by atoms with Crippen molar-refractivity contribution in [2.75, 3.05) is 24.7 Å². The molecule has 8 heteroatoms. The SMILES string of the molecule is Cc1nc(N)nc2c1cc(-c1ccc(N)nc1)c(=O)n2[C@H]1CCCOC1. The molecule has 4 heterocycles. The molecule has 1 fully saturated rings. The third-order valence-electron chi connectivity index (χ3n) is 4.70. The lowest BCUT2D eigenvalue weighted by Crippen LogP contribution is -2.32. The van der Waals surface area contributed by atoms with E-state index in [-0.39, 0.29) is 17.5 Å². The van der Waals surface area contributed by atoms with E-state index in [4.69, 9.17) is 16.2 Å². The predicted molar refractivity (Wildman–Crippen MR) is 99.7 cm³/mol. The van der Waals surface area contributed by atoms with Crippen LogP contribution < -0.4 is 17.0 Å². The van der Waals surface area contributed by atoms with Crippen LogP contribution in [0.3, 0.4) is 0 Å². The van der Waals surface area contributed by atoms with Crippen LogP contribution in [-0.4, -0.2) is 32.7 Å². The van der Waals surface area contributed by atoms with Gasteiger partial charge in [0, 0.05) is 29.3 Å². The quantitative estimate of drug-likeness (QED) is 0.719. The van der Waals surface area contributed by atoms with Crippen molar-refractivity contribution in [3.63, 3.8) is 0 Å². The van der Waals surface area contributed by atoms with Crippen molar-refractivity contribution in [2.24, 2.45) is 0 Å². The lowest BCUT2D eigenvalue weighted by molar-refractivity contribution is 0.0594. The van der Waals surface area contributed by atoms with Crippen molar-refractivity contribution in [3.8, 4) is 11.1 Å². The molecule has 1 aliphatic heterocycles. The van der Waals surface area contributed by atoms with Crippen molar-refractivity contribution < 1.29 is 4.74 Å². The van der Waals surface area contributed by atoms with Gasteiger partial charge < -0.3 is 16.2 Å². The summed E-state index contributed by atoms with van der Waals surface area (Å²) in [5, 5.41) is 0.788. The number of nitrogens with zero attached hydrogens (tertiary/aromatic N) is 4. The molecule has 8 nitrogen and oxygen atoms in total. The van der Waals surface area contributed by atoms with Crippen molar-refractivity contribution in [1.29, 1.82) is 0 Å². The molecule has 1 atom stereocenters. The maximum absolute atomic E-state index is 13.3. The van der Waals surface area contributed by atoms with Gasteiger partial charge in [0.15, 0.2) is 0 Å². The highest BCUT2D eigenvalue weighted by molar-refractivity contribution is 5.84. The summed E-state index contributed by atoms with van der Waals surface area (Å²) in [7, 11) is 0. The molecule has 0 saturated carbocycles. The number of hydrogen-bond donors (Lipinski definition) is 2. The lowest BCUT2D eigenvalue weighted by Gasteiger charge is -2.26. The van der Waals surface area contributed by atoms with Crippen LogP contribution in [0.2, 0.25) is 0 Å². The average molecular weight is 352 g/mol. The number of aromatic nitrogens is 4. The molecule has 3 aromatic heterocycles. The molecule has 4 rings (SSSR count). The fourth-order valence-corrected chi connectivity index (χ4v) is 3.41. The average Bonchev–Trinajstić information content (AvgIpc) is 2.63. The summed E-state index contributed by atoms with van der Waals surface area (Å²) in [6, 6.07) is 5.19. The van der Waals surface area contributed by atoms with E-state index >= 15 is 0 Å². The summed E-state index contributed by atoms with van der Waals surface area (Å²) >= 11 is 0. The molecular weight excluding hydrogens is 332 g/mol. The van der Waals surface area contributed by atoms with Crippen LogP contribution in [0.4, 0.5) is 11.8 Å². The molecule has 1 saturated heterocycles. The van der Waals surface area contributed by atoms with Crippen LogP contribution in [0.25, 0.3) is 22.2 Å². The zero-order valence-corrected chi connectivity index (χ0v) is 14.5. The van der Waals surface area contributed by atoms with Gasteiger partial charge in [0.25, 0.3) is 5.56 Å². The number of rotatable bonds is 2. The third kappa shape index (κ3) is 2.78. The Hall–Kier alpha value is -3.00. The molecule has 4 N–H and O–H groups in total. The molecule has 134 valence electrons. The van der Waals surface area contributed by atoms with Gasteiger partial charge in [-0.05, 0) is 38.0 Å². The summed E-state index contributed by atoms with van der Waals surface area (Å²) in [5.74, 6) is 0.560. The summed E-state index contributed by atoms with van der Waals surface area (Å²) in [4.78, 5) is 26.1. The van der Waals surface area contributed by atoms with Crippen molar-refractivity contribution in [3.05, 3.63) is 40.4 Å². The Morgan fingerprint density at radius 3 is 2.81 bits per heavy atom. The van der Waals surface area contributed by atoms with E-state index in [9.17, 15) is 4.79 Å². The normalized spacial score (nSPS) is 17.5. The first-order valence-electron chi connectivity index (χ1n) is 8.53. The third-order valence-corrected chi connectivity index (χ3v) is 4.70. The number of hydrogen-bond acceptors (Lipinski definition) is 7. The second kappa shape index (κ2) is 6.38. The Kier molecular flexibility index (Phi) is 4.04. The van der Waals surface area contributed by atoms with Gasteiger partial charge in [-0.1, -0.05) is 0 Å². The van der Waals surface area contributed by atoms with Gasteiger partial charge in [-0.2, -0.15) is 4.98 Å². The first-order valence-corrected chi connectivity index (χ1v) is 8.53. The minimum absolute atomic E-state index is 0.0888. The van der Waals surface area contributed by atoms with E-state index in [0.717, 1.165) is 23.9 Å². The van der Waals surface area contributed by atoms with Crippen LogP contribution in [0.15, 0.2) is 29.2 Å². The van der Waals surface area contributed by atoms with Crippen molar-refractivity contribution in [1.82, 2.24) is 19.5 Å². The number of anilines is 2. The van der Waals surface area contributed by atoms with E-state index in [1.54, 1.807) is 29.0 Å². The zero-order chi connectivity index (χ0) is 18.3. The van der Waals surface area contributed by atoms with E-state index in [0.29, 0.717) is 35.8 Å². The van der Waals surface area contributed by atoms with Crippen molar-refractivity contribution in [2.45, 2.75) is 25.8 Å². The molecule has 0 bridgehead atoms. The fraction of sp³-hybridized carbons (Fsp3) is 0.333. The van der Waals surface area contributed by atoms with E-state index in [2.05, 4.69) is 15.0 Å². The summed E-state index contributed by atoms with van der Waals surface area (Å²) < 4.78 is 7.30. The van der Waals surface area contributed by atoms with E-state index < -0.39 is 0 Å². The van der Waals surface area contributed by atoms with Crippen LogP contribution in [-0.2, 0) is 4.74 Å². The first-order chi connectivity index (χ1) is 12.5. The van der Waals surface area contributed by atoms with Crippen molar-refractivity contribution >= 4 is 22.8 Å². The molecule has 3 aromatic rings. The molecule has 0 radical (unpaired) electrons. The van der Waals surface area contributed by atoms with Crippen LogP contribution >= 0.6 is 0 Å². The minimum Gasteiger partial charge on any atom is -0.384 e. The number of fused-ring (bicyclic) bond motifs is 1. The Balaban J connectivity index is 2.03. The smallest absolute Gasteiger partial charge is 0.260 e. The molecule has 0 amide bonds. The Bertz CT molecular complexity index is 1020. The topological polar surface area (TPSA) is 122 Å². The largest absolute Gasteiger partial charge is 0.384 e. The Morgan fingerprint density at radius 2 is 2.12 bits per heavy atom. The van der Waals surface area contributed by atoms with Crippen LogP contribution in [0.1, 0.15) is 24.6 Å². The lowest BCUT2D eigenvalue weighted by atomic mass is 10.0. The Labute approximate surface area is 149 Å². The molecule has 0 aromatic carbocycles. The molecular formula is C18H20N6O2. The maximum atomic E-state index is 13.3. The fourth-order valence-electron chi connectivity index (χ4n) is 3.41. The highest BCUT2D eigenvalue weighted by atomic mass is 16.5. The van der Waals surface area contributed by atoms with Gasteiger partial charge in [-0.15, -0.1) is 0 Å². The van der Waals surface area contributed by atoms with Gasteiger partial charge in [-0.3, -0.25) is 9.36 Å². The summed E-state index contributed by atoms with van der Waals surface area (Å²) in [6.07, 6.45) is 3.35. The number of pyridine rings is 2. The highest BCUT2D eigenvalue weighted by Crippen LogP contribution is 2.27. The number of nitrogen functional groups attached to an aromatic ring is 2. The predicted octanol–water partition coefficient (Wildman–Crippen LogP) is 1.68. The molecule has 26 heavy (non-hydrogen) atoms. The van der Waals surface area contributed by atoms with E-state index in [1.807, 2.05) is 6.92 Å². The van der Waals surface area contributed by atoms with Gasteiger partial charge >= 0.3 is 0 Å². The van der Waals surface area contributed by atoms with E-state index in [1.165, 1.54) is 0 Å². The van der Waals surface area contributed by atoms with Gasteiger partial charge in [-0.25, -0.2) is 9.97 Å². The molecule has 0 aliphatic carbocycles. The van der Waals surface area contributed by atoms with Gasteiger partial charge in [0.2, 0.25) is 5.95 Å². The molecule has 1 aliphatic rings. The number of ether oxygens (including phenoxy) is 1. The summed E-state index contributed by atoms with van der Waals surface area (Å²) in [6.45, 7) is 3.04. The number of nitrogens with two attached hydrogens (primary N) is 2. The highest BCUT2D eigenvalue weighted by Gasteiger charge is 2.23. The standard InChI is InChI=1S/C18H20N6O2/c1-10-13-7-14(11-4-5-15(19)21-8-11)17(25)24(12-3-2-6-26-9-12)16(13)23-18(20)22-10/h4-5,7-8,12H,2-3,6,9H2,1H3,(H2,19,21)(H2,20,22,23)/t12-/m0/s1. The second-order valence-corrected chi connectivity index (χ2v) is 6.48. The zero-order valence-electron chi connectivity index (χ0n) is 14.5. The van der Waals surface area contributed by atoms with Gasteiger partial charge in [0.1, 0.15) is 11.5 Å². The van der Waals surface area contributed by atoms with Crippen LogP contribution in [0, 0.1) is 6.92 Å². The molecule has 0 spiro atoms. The van der Waals surface area contributed by atoms with Crippen LogP contribution in [0.5, 0.6) is 0 Å². The monoisotopic (exact) mass is 352 g/mol. The maximum Gasteiger partial charge on any atom is 0.260 e. The molecule has 0 unspecified atom stereocenters. The number of aryl methyl sites for hydroxylation is 1. The first kappa shape index (κ1) is 16.5. The van der Waals surface area contributed by atoms with Gasteiger partial charge in [0.05, 0.1) is 18.3 Å².